The van der Waals surface area contributed by atoms with Gasteiger partial charge in [-0.05, 0) is 6.07 Å². The van der Waals surface area contributed by atoms with E-state index >= 15 is 0 Å². The zero-order valence-corrected chi connectivity index (χ0v) is 11.4. The molecular formula is C13H18ClNO3. The molecule has 0 bridgehead atoms. The molecule has 1 aromatic carbocycles. The predicted octanol–water partition coefficient (Wildman–Crippen LogP) is 2.18. The van der Waals surface area contributed by atoms with E-state index in [1.54, 1.807) is 12.1 Å². The lowest BCUT2D eigenvalue weighted by atomic mass is 9.89. The van der Waals surface area contributed by atoms with Crippen LogP contribution in [0.4, 0.5) is 0 Å². The van der Waals surface area contributed by atoms with Gasteiger partial charge >= 0.3 is 0 Å². The van der Waals surface area contributed by atoms with Gasteiger partial charge in [0.2, 0.25) is 0 Å². The van der Waals surface area contributed by atoms with Crippen LogP contribution in [0.5, 0.6) is 11.5 Å². The van der Waals surface area contributed by atoms with E-state index in [1.807, 2.05) is 0 Å². The molecule has 1 fully saturated rings. The van der Waals surface area contributed by atoms with E-state index in [-0.39, 0.29) is 11.2 Å². The molecule has 4 nitrogen and oxygen atoms in total. The number of aromatic hydroxyl groups is 1. The molecule has 1 aliphatic heterocycles. The molecule has 0 aliphatic carbocycles. The third-order valence-electron chi connectivity index (χ3n) is 3.11. The molecule has 5 heteroatoms. The van der Waals surface area contributed by atoms with Gasteiger partial charge in [0.25, 0.3) is 0 Å². The highest BCUT2D eigenvalue weighted by Crippen LogP contribution is 2.33. The zero-order chi connectivity index (χ0) is 13.2. The fourth-order valence-electron chi connectivity index (χ4n) is 1.97. The summed E-state index contributed by atoms with van der Waals surface area (Å²) in [7, 11) is 1.51. The fraction of sp³-hybridized carbons (Fsp3) is 0.538. The number of nitrogens with one attached hydrogen (secondary N) is 1. The highest BCUT2D eigenvalue weighted by atomic mass is 35.5. The molecule has 1 heterocycles. The Morgan fingerprint density at radius 1 is 1.50 bits per heavy atom. The molecule has 0 spiro atoms. The molecule has 1 aromatic rings. The quantitative estimate of drug-likeness (QED) is 0.862. The van der Waals surface area contributed by atoms with Gasteiger partial charge in [-0.2, -0.15) is 0 Å². The van der Waals surface area contributed by atoms with Crippen molar-refractivity contribution >= 4 is 11.6 Å². The molecule has 2 N–H and O–H groups in total. The first-order valence-corrected chi connectivity index (χ1v) is 6.26. The summed E-state index contributed by atoms with van der Waals surface area (Å²) in [6.07, 6.45) is 0. The van der Waals surface area contributed by atoms with E-state index in [2.05, 4.69) is 12.2 Å². The summed E-state index contributed by atoms with van der Waals surface area (Å²) in [4.78, 5) is 0. The topological polar surface area (TPSA) is 50.7 Å². The number of hydrogen-bond donors (Lipinski definition) is 2. The Bertz CT molecular complexity index is 432. The summed E-state index contributed by atoms with van der Waals surface area (Å²) in [6, 6.07) is 3.34. The van der Waals surface area contributed by atoms with Crippen LogP contribution in [-0.2, 0) is 11.3 Å². The van der Waals surface area contributed by atoms with Crippen molar-refractivity contribution in [1.29, 1.82) is 0 Å². The van der Waals surface area contributed by atoms with Crippen molar-refractivity contribution in [3.05, 3.63) is 22.7 Å². The third kappa shape index (κ3) is 2.88. The molecule has 0 amide bonds. The van der Waals surface area contributed by atoms with Gasteiger partial charge in [0, 0.05) is 35.2 Å². The van der Waals surface area contributed by atoms with Crippen molar-refractivity contribution in [2.45, 2.75) is 13.5 Å². The second-order valence-corrected chi connectivity index (χ2v) is 5.46. The van der Waals surface area contributed by atoms with Gasteiger partial charge in [0.05, 0.1) is 20.3 Å². The molecule has 18 heavy (non-hydrogen) atoms. The summed E-state index contributed by atoms with van der Waals surface area (Å²) < 4.78 is 10.3. The van der Waals surface area contributed by atoms with Crippen molar-refractivity contribution in [1.82, 2.24) is 5.32 Å². The fourth-order valence-corrected chi connectivity index (χ4v) is 2.20. The maximum Gasteiger partial charge on any atom is 0.162 e. The number of methoxy groups -OCH3 is 1. The van der Waals surface area contributed by atoms with E-state index in [1.165, 1.54) is 7.11 Å². The van der Waals surface area contributed by atoms with Gasteiger partial charge < -0.3 is 19.9 Å². The minimum Gasteiger partial charge on any atom is -0.504 e. The maximum atomic E-state index is 9.97. The monoisotopic (exact) mass is 271 g/mol. The molecule has 1 aliphatic rings. The number of hydrogen-bond acceptors (Lipinski definition) is 4. The Hall–Kier alpha value is -0.970. The molecule has 0 radical (unpaired) electrons. The lowest BCUT2D eigenvalue weighted by molar-refractivity contribution is -0.0991. The van der Waals surface area contributed by atoms with Crippen LogP contribution in [-0.4, -0.2) is 32.0 Å². The lowest BCUT2D eigenvalue weighted by Crippen LogP contribution is -2.47. The molecule has 0 aromatic heterocycles. The zero-order valence-electron chi connectivity index (χ0n) is 10.6. The molecule has 100 valence electrons. The lowest BCUT2D eigenvalue weighted by Gasteiger charge is -2.38. The van der Waals surface area contributed by atoms with Crippen LogP contribution in [0, 0.1) is 5.41 Å². The van der Waals surface area contributed by atoms with Crippen molar-refractivity contribution in [2.75, 3.05) is 26.9 Å². The number of rotatable bonds is 5. The first kappa shape index (κ1) is 13.5. The van der Waals surface area contributed by atoms with Crippen molar-refractivity contribution in [3.8, 4) is 11.5 Å². The molecule has 2 rings (SSSR count). The Balaban J connectivity index is 1.98. The van der Waals surface area contributed by atoms with Crippen LogP contribution in [0.1, 0.15) is 12.5 Å². The van der Waals surface area contributed by atoms with Crippen LogP contribution >= 0.6 is 11.6 Å². The number of halogens is 1. The summed E-state index contributed by atoms with van der Waals surface area (Å²) in [5.74, 6) is 0.543. The molecule has 0 saturated carbocycles. The SMILES string of the molecule is COc1cc(Cl)cc(CNCC2(C)COC2)c1O. The van der Waals surface area contributed by atoms with E-state index in [0.717, 1.165) is 25.3 Å². The second kappa shape index (κ2) is 5.34. The van der Waals surface area contributed by atoms with E-state index in [9.17, 15) is 5.11 Å². The predicted molar refractivity (Wildman–Crippen MR) is 70.3 cm³/mol. The van der Waals surface area contributed by atoms with Gasteiger partial charge in [0.1, 0.15) is 0 Å². The summed E-state index contributed by atoms with van der Waals surface area (Å²) in [6.45, 7) is 5.14. The number of phenolic OH excluding ortho intramolecular Hbond substituents is 1. The minimum atomic E-state index is 0.143. The third-order valence-corrected chi connectivity index (χ3v) is 3.33. The number of ether oxygens (including phenoxy) is 2. The van der Waals surface area contributed by atoms with Gasteiger partial charge in [-0.1, -0.05) is 18.5 Å². The largest absolute Gasteiger partial charge is 0.504 e. The van der Waals surface area contributed by atoms with E-state index in [0.29, 0.717) is 17.3 Å². The first-order chi connectivity index (χ1) is 8.54. The smallest absolute Gasteiger partial charge is 0.162 e. The minimum absolute atomic E-state index is 0.143. The average molecular weight is 272 g/mol. The van der Waals surface area contributed by atoms with Crippen LogP contribution in [0.3, 0.4) is 0 Å². The van der Waals surface area contributed by atoms with Gasteiger partial charge in [0.15, 0.2) is 11.5 Å². The Morgan fingerprint density at radius 2 is 2.22 bits per heavy atom. The van der Waals surface area contributed by atoms with Crippen LogP contribution in [0.15, 0.2) is 12.1 Å². The molecule has 0 unspecified atom stereocenters. The van der Waals surface area contributed by atoms with Crippen molar-refractivity contribution in [3.63, 3.8) is 0 Å². The molecule has 0 atom stereocenters. The van der Waals surface area contributed by atoms with E-state index in [4.69, 9.17) is 21.1 Å². The first-order valence-electron chi connectivity index (χ1n) is 5.88. The summed E-state index contributed by atoms with van der Waals surface area (Å²) in [5.41, 5.74) is 0.946. The normalized spacial score (nSPS) is 17.3. The average Bonchev–Trinajstić information content (AvgIpc) is 2.30. The Kier molecular flexibility index (Phi) is 4.00. The number of phenols is 1. The van der Waals surface area contributed by atoms with E-state index < -0.39 is 0 Å². The van der Waals surface area contributed by atoms with Crippen molar-refractivity contribution < 1.29 is 14.6 Å². The van der Waals surface area contributed by atoms with Crippen LogP contribution < -0.4 is 10.1 Å². The molecule has 1 saturated heterocycles. The summed E-state index contributed by atoms with van der Waals surface area (Å²) in [5, 5.41) is 13.8. The van der Waals surface area contributed by atoms with Gasteiger partial charge in [-0.3, -0.25) is 0 Å². The van der Waals surface area contributed by atoms with Gasteiger partial charge in [-0.15, -0.1) is 0 Å². The number of benzene rings is 1. The molecular weight excluding hydrogens is 254 g/mol. The summed E-state index contributed by atoms with van der Waals surface area (Å²) >= 11 is 5.97. The Labute approximate surface area is 112 Å². The Morgan fingerprint density at radius 3 is 2.78 bits per heavy atom. The maximum absolute atomic E-state index is 9.97. The van der Waals surface area contributed by atoms with Crippen molar-refractivity contribution in [2.24, 2.45) is 5.41 Å². The highest BCUT2D eigenvalue weighted by Gasteiger charge is 2.32. The van der Waals surface area contributed by atoms with Crippen LogP contribution in [0.2, 0.25) is 5.02 Å². The highest BCUT2D eigenvalue weighted by molar-refractivity contribution is 6.30. The van der Waals surface area contributed by atoms with Gasteiger partial charge in [-0.25, -0.2) is 0 Å². The standard InChI is InChI=1S/C13H18ClNO3/c1-13(7-18-8-13)6-15-5-9-3-10(14)4-11(17-2)12(9)16/h3-4,15-16H,5-8H2,1-2H3. The van der Waals surface area contributed by atoms with Crippen LogP contribution in [0.25, 0.3) is 0 Å². The second-order valence-electron chi connectivity index (χ2n) is 5.02.